The van der Waals surface area contributed by atoms with Crippen LogP contribution < -0.4 is 5.32 Å². The first-order valence-electron chi connectivity index (χ1n) is 5.44. The van der Waals surface area contributed by atoms with Gasteiger partial charge in [-0.2, -0.15) is 0 Å². The minimum Gasteiger partial charge on any atom is -0.385 e. The predicted octanol–water partition coefficient (Wildman–Crippen LogP) is 2.05. The summed E-state index contributed by atoms with van der Waals surface area (Å²) in [5.74, 6) is 1.74. The molecule has 2 nitrogen and oxygen atoms in total. The van der Waals surface area contributed by atoms with Gasteiger partial charge in [0.1, 0.15) is 0 Å². The van der Waals surface area contributed by atoms with Crippen molar-refractivity contribution in [3.05, 3.63) is 0 Å². The van der Waals surface area contributed by atoms with Crippen LogP contribution in [0.2, 0.25) is 0 Å². The summed E-state index contributed by atoms with van der Waals surface area (Å²) < 4.78 is 5.14. The molecular formula is C11H23NO. The molecule has 3 unspecified atom stereocenters. The first kappa shape index (κ1) is 11.0. The molecule has 2 heteroatoms. The minimum atomic E-state index is 0.728. The highest BCUT2D eigenvalue weighted by atomic mass is 16.5. The van der Waals surface area contributed by atoms with Gasteiger partial charge < -0.3 is 10.1 Å². The highest BCUT2D eigenvalue weighted by molar-refractivity contribution is 4.82. The van der Waals surface area contributed by atoms with E-state index in [0.717, 1.165) is 24.5 Å². The largest absolute Gasteiger partial charge is 0.385 e. The molecule has 1 aliphatic carbocycles. The molecule has 0 aromatic heterocycles. The smallest absolute Gasteiger partial charge is 0.0465 e. The van der Waals surface area contributed by atoms with Crippen LogP contribution in [0.15, 0.2) is 0 Å². The van der Waals surface area contributed by atoms with Crippen molar-refractivity contribution >= 4 is 0 Å². The van der Waals surface area contributed by atoms with Crippen LogP contribution in [-0.4, -0.2) is 26.8 Å². The van der Waals surface area contributed by atoms with Crippen molar-refractivity contribution < 1.29 is 4.74 Å². The molecule has 78 valence electrons. The molecule has 0 aliphatic heterocycles. The lowest BCUT2D eigenvalue weighted by molar-refractivity contribution is 0.137. The molecule has 1 aliphatic rings. The summed E-state index contributed by atoms with van der Waals surface area (Å²) in [6.07, 6.45) is 5.31. The Hall–Kier alpha value is -0.0800. The van der Waals surface area contributed by atoms with Gasteiger partial charge in [-0.1, -0.05) is 6.92 Å². The number of nitrogens with one attached hydrogen (secondary N) is 1. The zero-order chi connectivity index (χ0) is 9.68. The fourth-order valence-electron chi connectivity index (χ4n) is 2.47. The van der Waals surface area contributed by atoms with E-state index in [1.807, 2.05) is 0 Å². The Bertz CT molecular complexity index is 138. The van der Waals surface area contributed by atoms with Gasteiger partial charge in [-0.3, -0.25) is 0 Å². The average molecular weight is 185 g/mol. The first-order valence-corrected chi connectivity index (χ1v) is 5.44. The highest BCUT2D eigenvalue weighted by Gasteiger charge is 2.26. The third kappa shape index (κ3) is 3.28. The van der Waals surface area contributed by atoms with Crippen LogP contribution >= 0.6 is 0 Å². The molecule has 13 heavy (non-hydrogen) atoms. The second-order valence-electron chi connectivity index (χ2n) is 4.35. The lowest BCUT2D eigenvalue weighted by Gasteiger charge is -2.34. The molecule has 0 aromatic rings. The van der Waals surface area contributed by atoms with Gasteiger partial charge in [-0.05, 0) is 44.6 Å². The normalized spacial score (nSPS) is 34.8. The monoisotopic (exact) mass is 185 g/mol. The van der Waals surface area contributed by atoms with E-state index in [9.17, 15) is 0 Å². The summed E-state index contributed by atoms with van der Waals surface area (Å²) in [4.78, 5) is 0. The zero-order valence-corrected chi connectivity index (χ0v) is 9.18. The Morgan fingerprint density at radius 1 is 1.38 bits per heavy atom. The molecule has 0 amide bonds. The summed E-state index contributed by atoms with van der Waals surface area (Å²) in [6.45, 7) is 3.28. The van der Waals surface area contributed by atoms with Gasteiger partial charge >= 0.3 is 0 Å². The zero-order valence-electron chi connectivity index (χ0n) is 9.18. The molecule has 1 fully saturated rings. The standard InChI is InChI=1S/C11H23NO/c1-9-4-5-11(12-2)10(8-9)6-7-13-3/h9-12H,4-8H2,1-3H3. The fourth-order valence-corrected chi connectivity index (χ4v) is 2.47. The maximum Gasteiger partial charge on any atom is 0.0465 e. The second-order valence-corrected chi connectivity index (χ2v) is 4.35. The quantitative estimate of drug-likeness (QED) is 0.723. The lowest BCUT2D eigenvalue weighted by atomic mass is 9.77. The molecule has 0 saturated heterocycles. The number of rotatable bonds is 4. The molecule has 1 rings (SSSR count). The van der Waals surface area contributed by atoms with Crippen LogP contribution in [0, 0.1) is 11.8 Å². The average Bonchev–Trinajstić information content (AvgIpc) is 2.15. The Balaban J connectivity index is 2.35. The van der Waals surface area contributed by atoms with E-state index in [1.54, 1.807) is 7.11 Å². The Morgan fingerprint density at radius 2 is 2.15 bits per heavy atom. The number of ether oxygens (including phenoxy) is 1. The molecule has 0 spiro atoms. The van der Waals surface area contributed by atoms with Gasteiger partial charge in [0, 0.05) is 19.8 Å². The van der Waals surface area contributed by atoms with Gasteiger partial charge in [0.05, 0.1) is 0 Å². The van der Waals surface area contributed by atoms with Crippen molar-refractivity contribution in [2.24, 2.45) is 11.8 Å². The van der Waals surface area contributed by atoms with Gasteiger partial charge in [-0.15, -0.1) is 0 Å². The molecule has 0 heterocycles. The molecule has 3 atom stereocenters. The van der Waals surface area contributed by atoms with E-state index in [1.165, 1.54) is 25.7 Å². The number of hydrogen-bond donors (Lipinski definition) is 1. The summed E-state index contributed by atoms with van der Waals surface area (Å²) in [5, 5.41) is 3.43. The van der Waals surface area contributed by atoms with Crippen molar-refractivity contribution in [1.82, 2.24) is 5.32 Å². The van der Waals surface area contributed by atoms with Gasteiger partial charge in [0.25, 0.3) is 0 Å². The van der Waals surface area contributed by atoms with Crippen LogP contribution in [0.25, 0.3) is 0 Å². The third-order valence-corrected chi connectivity index (χ3v) is 3.31. The predicted molar refractivity (Wildman–Crippen MR) is 55.8 cm³/mol. The molecule has 1 N–H and O–H groups in total. The second kappa shape index (κ2) is 5.61. The maximum absolute atomic E-state index is 5.14. The third-order valence-electron chi connectivity index (χ3n) is 3.31. The van der Waals surface area contributed by atoms with Gasteiger partial charge in [0.2, 0.25) is 0 Å². The molecule has 0 bridgehead atoms. The van der Waals surface area contributed by atoms with Crippen LogP contribution in [0.3, 0.4) is 0 Å². The topological polar surface area (TPSA) is 21.3 Å². The number of hydrogen-bond acceptors (Lipinski definition) is 2. The van der Waals surface area contributed by atoms with E-state index in [0.29, 0.717) is 0 Å². The summed E-state index contributed by atoms with van der Waals surface area (Å²) in [6, 6.07) is 0.728. The molecular weight excluding hydrogens is 162 g/mol. The van der Waals surface area contributed by atoms with Crippen LogP contribution in [0.4, 0.5) is 0 Å². The number of methoxy groups -OCH3 is 1. The van der Waals surface area contributed by atoms with Crippen LogP contribution in [0.1, 0.15) is 32.6 Å². The lowest BCUT2D eigenvalue weighted by Crippen LogP contribution is -2.38. The van der Waals surface area contributed by atoms with E-state index >= 15 is 0 Å². The highest BCUT2D eigenvalue weighted by Crippen LogP contribution is 2.30. The molecule has 0 aromatic carbocycles. The van der Waals surface area contributed by atoms with E-state index < -0.39 is 0 Å². The van der Waals surface area contributed by atoms with Gasteiger partial charge in [0.15, 0.2) is 0 Å². The summed E-state index contributed by atoms with van der Waals surface area (Å²) >= 11 is 0. The maximum atomic E-state index is 5.14. The van der Waals surface area contributed by atoms with Crippen molar-refractivity contribution in [2.75, 3.05) is 20.8 Å². The van der Waals surface area contributed by atoms with E-state index in [2.05, 4.69) is 19.3 Å². The van der Waals surface area contributed by atoms with E-state index in [-0.39, 0.29) is 0 Å². The minimum absolute atomic E-state index is 0.728. The van der Waals surface area contributed by atoms with Crippen molar-refractivity contribution in [3.63, 3.8) is 0 Å². The Kier molecular flexibility index (Phi) is 4.74. The Labute approximate surface area is 82.0 Å². The molecule has 0 radical (unpaired) electrons. The summed E-state index contributed by atoms with van der Waals surface area (Å²) in [5.41, 5.74) is 0. The Morgan fingerprint density at radius 3 is 2.77 bits per heavy atom. The summed E-state index contributed by atoms with van der Waals surface area (Å²) in [7, 11) is 3.88. The van der Waals surface area contributed by atoms with E-state index in [4.69, 9.17) is 4.74 Å². The SMILES string of the molecule is CNC1CCC(C)CC1CCOC. The van der Waals surface area contributed by atoms with Crippen molar-refractivity contribution in [1.29, 1.82) is 0 Å². The van der Waals surface area contributed by atoms with Crippen molar-refractivity contribution in [2.45, 2.75) is 38.6 Å². The fraction of sp³-hybridized carbons (Fsp3) is 1.00. The van der Waals surface area contributed by atoms with Crippen LogP contribution in [0.5, 0.6) is 0 Å². The van der Waals surface area contributed by atoms with Crippen LogP contribution in [-0.2, 0) is 4.74 Å². The first-order chi connectivity index (χ1) is 6.27. The van der Waals surface area contributed by atoms with Gasteiger partial charge in [-0.25, -0.2) is 0 Å². The molecule has 1 saturated carbocycles. The van der Waals surface area contributed by atoms with Crippen molar-refractivity contribution in [3.8, 4) is 0 Å².